The highest BCUT2D eigenvalue weighted by Gasteiger charge is 2.46. The summed E-state index contributed by atoms with van der Waals surface area (Å²) in [4.78, 5) is 24.9. The van der Waals surface area contributed by atoms with E-state index in [4.69, 9.17) is 16.1 Å². The summed E-state index contributed by atoms with van der Waals surface area (Å²) in [5.41, 5.74) is 3.43. The van der Waals surface area contributed by atoms with Crippen LogP contribution in [-0.2, 0) is 12.1 Å². The number of nitrogens with one attached hydrogen (secondary N) is 1. The van der Waals surface area contributed by atoms with Crippen LogP contribution in [0.2, 0.25) is 5.02 Å². The van der Waals surface area contributed by atoms with Gasteiger partial charge in [-0.25, -0.2) is 4.79 Å². The zero-order valence-electron chi connectivity index (χ0n) is 18.5. The van der Waals surface area contributed by atoms with Crippen molar-refractivity contribution >= 4 is 45.3 Å². The fourth-order valence-electron chi connectivity index (χ4n) is 4.71. The van der Waals surface area contributed by atoms with Gasteiger partial charge in [0.1, 0.15) is 0 Å². The van der Waals surface area contributed by atoms with E-state index in [-0.39, 0.29) is 11.5 Å². The Hall–Kier alpha value is -4.10. The van der Waals surface area contributed by atoms with Gasteiger partial charge in [-0.2, -0.15) is 0 Å². The summed E-state index contributed by atoms with van der Waals surface area (Å²) in [6, 6.07) is 18.0. The van der Waals surface area contributed by atoms with Gasteiger partial charge in [-0.1, -0.05) is 41.0 Å². The second kappa shape index (κ2) is 7.99. The molecule has 8 heteroatoms. The molecule has 2 N–H and O–H groups in total. The maximum atomic E-state index is 13.7. The van der Waals surface area contributed by atoms with E-state index in [1.54, 1.807) is 36.5 Å². The van der Waals surface area contributed by atoms with Gasteiger partial charge in [0.05, 0.1) is 33.8 Å². The number of aromatic nitrogens is 2. The van der Waals surface area contributed by atoms with E-state index >= 15 is 0 Å². The number of nitrogens with zero attached hydrogens (tertiary/aromatic N) is 2. The van der Waals surface area contributed by atoms with E-state index in [2.05, 4.69) is 10.5 Å². The molecule has 0 aliphatic heterocycles. The van der Waals surface area contributed by atoms with Crippen molar-refractivity contribution in [3.8, 4) is 0 Å². The lowest BCUT2D eigenvalue weighted by Gasteiger charge is -2.19. The standard InChI is InChI=1S/C27H20ClN3O4/c28-19-3-1-2-16(12-19)15-31-11-8-20-22-14-29-35-23(22)13-21(24(20)31)25(32)30-27(9-10-27)18-6-4-17(5-7-18)26(33)34/h1-8,11-14H,9-10,15H2,(H,30,32)(H,33,34). The molecule has 0 unspecified atom stereocenters. The number of carbonyl (C=O) groups excluding carboxylic acids is 1. The number of carboxylic acids is 1. The zero-order chi connectivity index (χ0) is 24.2. The third kappa shape index (κ3) is 3.74. The molecule has 7 nitrogen and oxygen atoms in total. The number of carboxylic acid groups (broad SMARTS) is 1. The Morgan fingerprint density at radius 1 is 1.09 bits per heavy atom. The van der Waals surface area contributed by atoms with E-state index in [1.165, 1.54) is 0 Å². The SMILES string of the molecule is O=C(O)c1ccc(C2(NC(=O)c3cc4oncc4c4ccn(Cc5cccc(Cl)c5)c34)CC2)cc1. The lowest BCUT2D eigenvalue weighted by Crippen LogP contribution is -2.35. The van der Waals surface area contributed by atoms with E-state index in [0.29, 0.717) is 22.7 Å². The molecule has 174 valence electrons. The van der Waals surface area contributed by atoms with E-state index in [9.17, 15) is 14.7 Å². The molecule has 1 fully saturated rings. The van der Waals surface area contributed by atoms with E-state index < -0.39 is 11.5 Å². The van der Waals surface area contributed by atoms with E-state index in [0.717, 1.165) is 40.3 Å². The maximum absolute atomic E-state index is 13.7. The number of rotatable bonds is 6. The number of carbonyl (C=O) groups is 2. The summed E-state index contributed by atoms with van der Waals surface area (Å²) >= 11 is 6.19. The lowest BCUT2D eigenvalue weighted by molar-refractivity contribution is 0.0696. The molecule has 0 bridgehead atoms. The van der Waals surface area contributed by atoms with Crippen LogP contribution >= 0.6 is 11.6 Å². The van der Waals surface area contributed by atoms with Crippen molar-refractivity contribution < 1.29 is 19.2 Å². The largest absolute Gasteiger partial charge is 0.478 e. The Kier molecular flexibility index (Phi) is 4.89. The molecular weight excluding hydrogens is 466 g/mol. The summed E-state index contributed by atoms with van der Waals surface area (Å²) in [5, 5.41) is 18.7. The minimum Gasteiger partial charge on any atom is -0.478 e. The van der Waals surface area contributed by atoms with Crippen molar-refractivity contribution in [3.05, 3.63) is 100 Å². The van der Waals surface area contributed by atoms with Crippen LogP contribution < -0.4 is 5.32 Å². The minimum atomic E-state index is -0.978. The molecule has 0 saturated heterocycles. The number of fused-ring (bicyclic) bond motifs is 3. The molecule has 0 atom stereocenters. The fraction of sp³-hybridized carbons (Fsp3) is 0.148. The topological polar surface area (TPSA) is 97.4 Å². The van der Waals surface area contributed by atoms with Gasteiger partial charge in [-0.05, 0) is 60.4 Å². The summed E-state index contributed by atoms with van der Waals surface area (Å²) in [6.07, 6.45) is 5.17. The van der Waals surface area contributed by atoms with Gasteiger partial charge in [-0.15, -0.1) is 0 Å². The normalized spacial score (nSPS) is 14.3. The molecule has 1 amide bonds. The average molecular weight is 486 g/mol. The van der Waals surface area contributed by atoms with Crippen molar-refractivity contribution in [3.63, 3.8) is 0 Å². The quantitative estimate of drug-likeness (QED) is 0.326. The van der Waals surface area contributed by atoms with Crippen LogP contribution in [-0.4, -0.2) is 26.7 Å². The molecule has 2 aromatic heterocycles. The Labute approximate surface area is 204 Å². The Balaban J connectivity index is 1.40. The van der Waals surface area contributed by atoms with Crippen molar-refractivity contribution in [1.29, 1.82) is 0 Å². The van der Waals surface area contributed by atoms with Gasteiger partial charge in [-0.3, -0.25) is 4.79 Å². The van der Waals surface area contributed by atoms with Crippen LogP contribution in [0.5, 0.6) is 0 Å². The fourth-order valence-corrected chi connectivity index (χ4v) is 4.92. The molecule has 3 aromatic carbocycles. The summed E-state index contributed by atoms with van der Waals surface area (Å²) < 4.78 is 7.45. The van der Waals surface area contributed by atoms with Crippen LogP contribution in [0.1, 0.15) is 44.7 Å². The molecule has 1 aliphatic carbocycles. The molecule has 6 rings (SSSR count). The van der Waals surface area contributed by atoms with Gasteiger partial charge >= 0.3 is 5.97 Å². The number of benzene rings is 3. The second-order valence-electron chi connectivity index (χ2n) is 8.92. The summed E-state index contributed by atoms with van der Waals surface area (Å²) in [6.45, 7) is 0.545. The lowest BCUT2D eigenvalue weighted by atomic mass is 10.0. The van der Waals surface area contributed by atoms with Crippen molar-refractivity contribution in [1.82, 2.24) is 15.0 Å². The zero-order valence-corrected chi connectivity index (χ0v) is 19.2. The first-order chi connectivity index (χ1) is 16.9. The predicted octanol–water partition coefficient (Wildman–Crippen LogP) is 5.60. The van der Waals surface area contributed by atoms with Gasteiger partial charge in [0.2, 0.25) is 0 Å². The number of hydrogen-bond donors (Lipinski definition) is 2. The van der Waals surface area contributed by atoms with Gasteiger partial charge in [0, 0.05) is 23.2 Å². The van der Waals surface area contributed by atoms with E-state index in [1.807, 2.05) is 41.1 Å². The maximum Gasteiger partial charge on any atom is 0.335 e. The minimum absolute atomic E-state index is 0.215. The van der Waals surface area contributed by atoms with Gasteiger partial charge in [0.25, 0.3) is 5.91 Å². The number of aromatic carboxylic acids is 1. The van der Waals surface area contributed by atoms with Gasteiger partial charge < -0.3 is 19.5 Å². The van der Waals surface area contributed by atoms with Gasteiger partial charge in [0.15, 0.2) is 5.58 Å². The highest BCUT2D eigenvalue weighted by atomic mass is 35.5. The number of hydrogen-bond acceptors (Lipinski definition) is 4. The average Bonchev–Trinajstić information content (AvgIpc) is 3.26. The Morgan fingerprint density at radius 2 is 1.89 bits per heavy atom. The molecule has 0 spiro atoms. The Morgan fingerprint density at radius 3 is 2.60 bits per heavy atom. The van der Waals surface area contributed by atoms with Crippen LogP contribution in [0, 0.1) is 0 Å². The van der Waals surface area contributed by atoms with Crippen molar-refractivity contribution in [2.45, 2.75) is 24.9 Å². The van der Waals surface area contributed by atoms with Crippen molar-refractivity contribution in [2.24, 2.45) is 0 Å². The first kappa shape index (κ1) is 21.4. The summed E-state index contributed by atoms with van der Waals surface area (Å²) in [7, 11) is 0. The highest BCUT2D eigenvalue weighted by molar-refractivity contribution is 6.30. The third-order valence-electron chi connectivity index (χ3n) is 6.66. The molecule has 1 aliphatic rings. The second-order valence-corrected chi connectivity index (χ2v) is 9.35. The summed E-state index contributed by atoms with van der Waals surface area (Å²) in [5.74, 6) is -1.20. The number of halogens is 1. The van der Waals surface area contributed by atoms with Crippen molar-refractivity contribution in [2.75, 3.05) is 0 Å². The number of amides is 1. The molecule has 5 aromatic rings. The molecule has 35 heavy (non-hydrogen) atoms. The molecule has 2 heterocycles. The van der Waals surface area contributed by atoms with Crippen LogP contribution in [0.4, 0.5) is 0 Å². The highest BCUT2D eigenvalue weighted by Crippen LogP contribution is 2.46. The monoisotopic (exact) mass is 485 g/mol. The molecule has 1 saturated carbocycles. The van der Waals surface area contributed by atoms with Crippen LogP contribution in [0.25, 0.3) is 21.9 Å². The molecule has 0 radical (unpaired) electrons. The van der Waals surface area contributed by atoms with Crippen LogP contribution in [0.15, 0.2) is 77.6 Å². The predicted molar refractivity (Wildman–Crippen MR) is 132 cm³/mol. The smallest absolute Gasteiger partial charge is 0.335 e. The molecular formula is C27H20ClN3O4. The Bertz CT molecular complexity index is 1610. The third-order valence-corrected chi connectivity index (χ3v) is 6.89. The first-order valence-electron chi connectivity index (χ1n) is 11.2. The van der Waals surface area contributed by atoms with Crippen LogP contribution in [0.3, 0.4) is 0 Å². The first-order valence-corrected chi connectivity index (χ1v) is 11.6.